The summed E-state index contributed by atoms with van der Waals surface area (Å²) in [7, 11) is 5.11. The van der Waals surface area contributed by atoms with Crippen LogP contribution in [-0.2, 0) is 0 Å². The van der Waals surface area contributed by atoms with Gasteiger partial charge in [0.15, 0.2) is 0 Å². The summed E-state index contributed by atoms with van der Waals surface area (Å²) >= 11 is 0. The van der Waals surface area contributed by atoms with Gasteiger partial charge in [0.2, 0.25) is 0 Å². The standard InChI is InChI=1S/C31H66N2.2ClH/c1-6-8-10-12-14-16-18-20-22-24-26-32(4)28-29-33(5,31(3)30-32)27-25-23-21-19-17-15-13-11-9-7-2;;/h31H,6-30H2,1-5H3;2*1H/q+2;;/p-2. The van der Waals surface area contributed by atoms with Crippen molar-refractivity contribution >= 4 is 0 Å². The Balaban J connectivity index is 0. The third-order valence-electron chi connectivity index (χ3n) is 8.99. The van der Waals surface area contributed by atoms with Crippen molar-refractivity contribution in [2.45, 2.75) is 155 Å². The molecule has 0 amide bonds. The molecule has 0 spiro atoms. The van der Waals surface area contributed by atoms with Gasteiger partial charge in [0.05, 0.1) is 27.2 Å². The number of unbranched alkanes of at least 4 members (excludes halogenated alkanes) is 18. The highest BCUT2D eigenvalue weighted by molar-refractivity contribution is 4.61. The Kier molecular flexibility index (Phi) is 25.4. The van der Waals surface area contributed by atoms with Crippen molar-refractivity contribution in [3.8, 4) is 0 Å². The molecular formula is C31H66Cl2N2. The molecule has 3 atom stereocenters. The first-order valence-corrected chi connectivity index (χ1v) is 15.6. The number of nitrogens with zero attached hydrogens (tertiary/aromatic N) is 2. The smallest absolute Gasteiger partial charge is 0.136 e. The van der Waals surface area contributed by atoms with Gasteiger partial charge in [-0.25, -0.2) is 0 Å². The maximum atomic E-state index is 2.56. The van der Waals surface area contributed by atoms with Gasteiger partial charge in [-0.05, 0) is 32.6 Å². The highest BCUT2D eigenvalue weighted by Gasteiger charge is 2.42. The lowest BCUT2D eigenvalue weighted by atomic mass is 10.0. The van der Waals surface area contributed by atoms with E-state index >= 15 is 0 Å². The van der Waals surface area contributed by atoms with E-state index in [1.54, 1.807) is 0 Å². The third kappa shape index (κ3) is 18.4. The van der Waals surface area contributed by atoms with Gasteiger partial charge in [-0.3, -0.25) is 0 Å². The molecule has 0 aromatic heterocycles. The van der Waals surface area contributed by atoms with Crippen LogP contribution in [0.2, 0.25) is 0 Å². The van der Waals surface area contributed by atoms with Crippen LogP contribution in [0.4, 0.5) is 0 Å². The van der Waals surface area contributed by atoms with Gasteiger partial charge in [0.25, 0.3) is 0 Å². The van der Waals surface area contributed by atoms with Crippen molar-refractivity contribution in [1.29, 1.82) is 0 Å². The fraction of sp³-hybridized carbons (Fsp3) is 1.00. The quantitative estimate of drug-likeness (QED) is 0.147. The first-order chi connectivity index (χ1) is 16.0. The lowest BCUT2D eigenvalue weighted by molar-refractivity contribution is -1.03. The first kappa shape index (κ1) is 37.7. The second-order valence-corrected chi connectivity index (χ2v) is 12.4. The summed E-state index contributed by atoms with van der Waals surface area (Å²) in [6, 6.07) is 0.824. The van der Waals surface area contributed by atoms with E-state index in [9.17, 15) is 0 Å². The van der Waals surface area contributed by atoms with Crippen molar-refractivity contribution in [3.05, 3.63) is 0 Å². The lowest BCUT2D eigenvalue weighted by Gasteiger charge is -2.50. The molecule has 1 aliphatic rings. The second-order valence-electron chi connectivity index (χ2n) is 12.4. The van der Waals surface area contributed by atoms with Gasteiger partial charge < -0.3 is 33.8 Å². The summed E-state index contributed by atoms with van der Waals surface area (Å²) in [5.74, 6) is 0. The summed E-state index contributed by atoms with van der Waals surface area (Å²) in [5.41, 5.74) is 0. The van der Waals surface area contributed by atoms with Gasteiger partial charge in [-0.1, -0.05) is 117 Å². The van der Waals surface area contributed by atoms with Crippen LogP contribution in [-0.4, -0.2) is 61.8 Å². The van der Waals surface area contributed by atoms with Crippen LogP contribution >= 0.6 is 0 Å². The van der Waals surface area contributed by atoms with E-state index in [2.05, 4.69) is 34.9 Å². The lowest BCUT2D eigenvalue weighted by Crippen LogP contribution is -3.00. The first-order valence-electron chi connectivity index (χ1n) is 15.6. The summed E-state index contributed by atoms with van der Waals surface area (Å²) in [4.78, 5) is 0. The molecule has 0 bridgehead atoms. The van der Waals surface area contributed by atoms with Crippen molar-refractivity contribution < 1.29 is 33.8 Å². The molecule has 0 radical (unpaired) electrons. The van der Waals surface area contributed by atoms with Crippen LogP contribution < -0.4 is 24.8 Å². The van der Waals surface area contributed by atoms with E-state index in [-0.39, 0.29) is 24.8 Å². The van der Waals surface area contributed by atoms with E-state index < -0.39 is 0 Å². The molecule has 3 unspecified atom stereocenters. The van der Waals surface area contributed by atoms with Crippen LogP contribution in [0.5, 0.6) is 0 Å². The summed E-state index contributed by atoms with van der Waals surface area (Å²) in [6.45, 7) is 14.2. The number of halogens is 2. The molecule has 1 rings (SSSR count). The Bertz CT molecular complexity index is 448. The molecule has 1 aliphatic heterocycles. The normalized spacial score (nSPS) is 24.1. The highest BCUT2D eigenvalue weighted by Crippen LogP contribution is 2.24. The molecule has 0 aromatic carbocycles. The zero-order valence-corrected chi connectivity index (χ0v) is 26.4. The summed E-state index contributed by atoms with van der Waals surface area (Å²) in [5, 5.41) is 0. The molecule has 4 heteroatoms. The molecule has 1 heterocycles. The number of piperazine rings is 1. The zero-order valence-electron chi connectivity index (χ0n) is 24.9. The number of hydrogen-bond acceptors (Lipinski definition) is 0. The Labute approximate surface area is 235 Å². The fourth-order valence-electron chi connectivity index (χ4n) is 6.09. The fourth-order valence-corrected chi connectivity index (χ4v) is 6.09. The molecule has 35 heavy (non-hydrogen) atoms. The van der Waals surface area contributed by atoms with Crippen molar-refractivity contribution in [2.75, 3.05) is 46.8 Å². The molecule has 0 aliphatic carbocycles. The van der Waals surface area contributed by atoms with Crippen LogP contribution in [0.1, 0.15) is 149 Å². The van der Waals surface area contributed by atoms with Crippen molar-refractivity contribution in [2.24, 2.45) is 0 Å². The van der Waals surface area contributed by atoms with E-state index in [0.29, 0.717) is 0 Å². The number of hydrogen-bond donors (Lipinski definition) is 0. The molecule has 0 N–H and O–H groups in total. The molecule has 1 fully saturated rings. The van der Waals surface area contributed by atoms with E-state index in [1.165, 1.54) is 170 Å². The molecule has 0 aromatic rings. The molecule has 214 valence electrons. The van der Waals surface area contributed by atoms with Gasteiger partial charge in [-0.15, -0.1) is 0 Å². The number of rotatable bonds is 22. The van der Waals surface area contributed by atoms with Gasteiger partial charge in [0, 0.05) is 0 Å². The Morgan fingerprint density at radius 2 is 0.829 bits per heavy atom. The maximum Gasteiger partial charge on any atom is 0.136 e. The Hall–Kier alpha value is 0.500. The maximum absolute atomic E-state index is 2.56. The Morgan fingerprint density at radius 1 is 0.486 bits per heavy atom. The second kappa shape index (κ2) is 23.6. The van der Waals surface area contributed by atoms with E-state index in [1.807, 2.05) is 0 Å². The average Bonchev–Trinajstić information content (AvgIpc) is 2.79. The molecule has 1 saturated heterocycles. The third-order valence-corrected chi connectivity index (χ3v) is 8.99. The van der Waals surface area contributed by atoms with E-state index in [4.69, 9.17) is 0 Å². The monoisotopic (exact) mass is 536 g/mol. The van der Waals surface area contributed by atoms with Crippen LogP contribution in [0, 0.1) is 0 Å². The number of quaternary nitrogens is 2. The van der Waals surface area contributed by atoms with Crippen molar-refractivity contribution in [3.63, 3.8) is 0 Å². The molecule has 0 saturated carbocycles. The minimum absolute atomic E-state index is 0. The molecule has 2 nitrogen and oxygen atoms in total. The predicted molar refractivity (Wildman–Crippen MR) is 150 cm³/mol. The van der Waals surface area contributed by atoms with Gasteiger partial charge in [0.1, 0.15) is 25.7 Å². The van der Waals surface area contributed by atoms with Gasteiger partial charge in [-0.2, -0.15) is 0 Å². The zero-order chi connectivity index (χ0) is 24.3. The minimum Gasteiger partial charge on any atom is -1.00 e. The van der Waals surface area contributed by atoms with Crippen LogP contribution in [0.25, 0.3) is 0 Å². The topological polar surface area (TPSA) is 0 Å². The van der Waals surface area contributed by atoms with Gasteiger partial charge >= 0.3 is 0 Å². The molecular weight excluding hydrogens is 471 g/mol. The van der Waals surface area contributed by atoms with Crippen LogP contribution in [0.3, 0.4) is 0 Å². The Morgan fingerprint density at radius 3 is 1.20 bits per heavy atom. The van der Waals surface area contributed by atoms with Crippen LogP contribution in [0.15, 0.2) is 0 Å². The van der Waals surface area contributed by atoms with Crippen molar-refractivity contribution in [1.82, 2.24) is 0 Å². The SMILES string of the molecule is CCCCCCCCCCCC[N+]1(C)CC[N+](C)(CCCCCCCCCCCC)C(C)C1.[Cl-].[Cl-]. The van der Waals surface area contributed by atoms with E-state index in [0.717, 1.165) is 6.04 Å². The number of likely N-dealkylation sites (N-methyl/N-ethyl adjacent to an activating group) is 2. The highest BCUT2D eigenvalue weighted by atomic mass is 35.5. The summed E-state index contributed by atoms with van der Waals surface area (Å²) < 4.78 is 2.67. The predicted octanol–water partition coefficient (Wildman–Crippen LogP) is 3.13. The largest absolute Gasteiger partial charge is 1.00 e. The summed E-state index contributed by atoms with van der Waals surface area (Å²) in [6.07, 6.45) is 29.0. The minimum atomic E-state index is 0. The average molecular weight is 538 g/mol.